The molecule has 1 aliphatic rings. The molecule has 0 saturated carbocycles. The van der Waals surface area contributed by atoms with E-state index in [2.05, 4.69) is 5.32 Å². The highest BCUT2D eigenvalue weighted by molar-refractivity contribution is 7.18. The third-order valence-electron chi connectivity index (χ3n) is 4.64. The van der Waals surface area contributed by atoms with Crippen molar-refractivity contribution >= 4 is 40.3 Å². The number of nitrogens with one attached hydrogen (secondary N) is 1. The lowest BCUT2D eigenvalue weighted by Gasteiger charge is -2.31. The van der Waals surface area contributed by atoms with Crippen LogP contribution in [-0.4, -0.2) is 61.7 Å². The Morgan fingerprint density at radius 1 is 1.03 bits per heavy atom. The maximum Gasteiger partial charge on any atom is 0.348 e. The summed E-state index contributed by atoms with van der Waals surface area (Å²) in [5.74, 6) is -1.89. The molecule has 2 heterocycles. The molecular formula is C20H28N2O7S. The van der Waals surface area contributed by atoms with Crippen LogP contribution >= 0.6 is 11.3 Å². The van der Waals surface area contributed by atoms with Crippen LogP contribution in [0.25, 0.3) is 0 Å². The topological polar surface area (TPSA) is 111 Å². The first-order chi connectivity index (χ1) is 14.3. The van der Waals surface area contributed by atoms with Crippen LogP contribution in [0, 0.1) is 12.8 Å². The predicted molar refractivity (Wildman–Crippen MR) is 111 cm³/mol. The number of carbonyl (C=O) groups excluding carboxylic acids is 4. The lowest BCUT2D eigenvalue weighted by atomic mass is 9.98. The van der Waals surface area contributed by atoms with E-state index >= 15 is 0 Å². The summed E-state index contributed by atoms with van der Waals surface area (Å²) in [6.07, 6.45) is 1.32. The van der Waals surface area contributed by atoms with E-state index in [0.29, 0.717) is 24.9 Å². The van der Waals surface area contributed by atoms with Crippen LogP contribution in [0.3, 0.4) is 0 Å². The number of esters is 3. The van der Waals surface area contributed by atoms with Gasteiger partial charge in [-0.15, -0.1) is 11.3 Å². The maximum atomic E-state index is 12.8. The summed E-state index contributed by atoms with van der Waals surface area (Å²) in [6.45, 7) is 8.05. The highest BCUT2D eigenvalue weighted by atomic mass is 32.1. The van der Waals surface area contributed by atoms with Crippen molar-refractivity contribution < 1.29 is 33.4 Å². The van der Waals surface area contributed by atoms with Crippen LogP contribution in [0.1, 0.15) is 59.2 Å². The average molecular weight is 441 g/mol. The minimum absolute atomic E-state index is 0.136. The van der Waals surface area contributed by atoms with Crippen molar-refractivity contribution in [2.75, 3.05) is 38.2 Å². The molecule has 1 fully saturated rings. The molecule has 1 aromatic heterocycles. The smallest absolute Gasteiger partial charge is 0.348 e. The van der Waals surface area contributed by atoms with E-state index in [-0.39, 0.29) is 53.7 Å². The molecule has 0 aliphatic carbocycles. The zero-order chi connectivity index (χ0) is 22.3. The molecule has 1 aromatic rings. The first-order valence-corrected chi connectivity index (χ1v) is 10.9. The third kappa shape index (κ3) is 5.50. The molecule has 0 bridgehead atoms. The molecule has 30 heavy (non-hydrogen) atoms. The number of likely N-dealkylation sites (tertiary alicyclic amines) is 1. The molecule has 166 valence electrons. The van der Waals surface area contributed by atoms with Gasteiger partial charge in [0.1, 0.15) is 9.88 Å². The zero-order valence-electron chi connectivity index (χ0n) is 17.7. The normalized spacial score (nSPS) is 16.0. The van der Waals surface area contributed by atoms with Gasteiger partial charge in [0.2, 0.25) is 0 Å². The molecule has 9 nitrogen and oxygen atoms in total. The van der Waals surface area contributed by atoms with Crippen LogP contribution in [0.4, 0.5) is 9.80 Å². The van der Waals surface area contributed by atoms with E-state index in [1.54, 1.807) is 27.7 Å². The van der Waals surface area contributed by atoms with Crippen LogP contribution in [0.5, 0.6) is 0 Å². The van der Waals surface area contributed by atoms with Gasteiger partial charge >= 0.3 is 23.9 Å². The Labute approximate surface area is 179 Å². The Morgan fingerprint density at radius 2 is 1.67 bits per heavy atom. The van der Waals surface area contributed by atoms with Crippen molar-refractivity contribution in [1.29, 1.82) is 0 Å². The number of nitrogens with zero attached hydrogens (tertiary/aromatic N) is 1. The Balaban J connectivity index is 2.24. The maximum absolute atomic E-state index is 12.8. The van der Waals surface area contributed by atoms with Gasteiger partial charge in [-0.1, -0.05) is 0 Å². The molecule has 0 unspecified atom stereocenters. The van der Waals surface area contributed by atoms with Gasteiger partial charge in [-0.05, 0) is 46.1 Å². The van der Waals surface area contributed by atoms with Crippen molar-refractivity contribution in [2.45, 2.75) is 40.5 Å². The average Bonchev–Trinajstić information content (AvgIpc) is 3.04. The molecule has 1 atom stereocenters. The van der Waals surface area contributed by atoms with E-state index in [1.165, 1.54) is 4.90 Å². The Kier molecular flexibility index (Phi) is 8.64. The molecule has 10 heteroatoms. The minimum Gasteiger partial charge on any atom is -0.466 e. The summed E-state index contributed by atoms with van der Waals surface area (Å²) in [7, 11) is 0. The molecule has 2 amide bonds. The van der Waals surface area contributed by atoms with Crippen molar-refractivity contribution in [2.24, 2.45) is 5.92 Å². The monoisotopic (exact) mass is 440 g/mol. The van der Waals surface area contributed by atoms with Crippen LogP contribution < -0.4 is 5.32 Å². The highest BCUT2D eigenvalue weighted by Gasteiger charge is 2.32. The molecule has 0 spiro atoms. The quantitative estimate of drug-likeness (QED) is 0.512. The number of rotatable bonds is 7. The van der Waals surface area contributed by atoms with E-state index in [9.17, 15) is 19.2 Å². The first-order valence-electron chi connectivity index (χ1n) is 10.0. The molecule has 1 aliphatic heterocycles. The molecular weight excluding hydrogens is 412 g/mol. The van der Waals surface area contributed by atoms with Gasteiger partial charge in [0.15, 0.2) is 0 Å². The molecule has 1 saturated heterocycles. The van der Waals surface area contributed by atoms with Crippen molar-refractivity contribution in [3.8, 4) is 0 Å². The Morgan fingerprint density at radius 3 is 2.30 bits per heavy atom. The predicted octanol–water partition coefficient (Wildman–Crippen LogP) is 3.22. The van der Waals surface area contributed by atoms with Gasteiger partial charge in [-0.3, -0.25) is 10.1 Å². The van der Waals surface area contributed by atoms with Crippen molar-refractivity contribution in [1.82, 2.24) is 4.90 Å². The first kappa shape index (κ1) is 23.7. The summed E-state index contributed by atoms with van der Waals surface area (Å²) in [5.41, 5.74) is 0.535. The molecule has 2 rings (SSSR count). The number of piperidine rings is 1. The summed E-state index contributed by atoms with van der Waals surface area (Å²) in [6, 6.07) is -0.453. The SMILES string of the molecule is CCOC(=O)c1sc(NC(=O)N2CCC[C@@H](C(=O)OCC)C2)c(C(=O)OCC)c1C. The van der Waals surface area contributed by atoms with Crippen molar-refractivity contribution in [3.05, 3.63) is 16.0 Å². The molecule has 0 radical (unpaired) electrons. The largest absolute Gasteiger partial charge is 0.466 e. The Bertz CT molecular complexity index is 805. The van der Waals surface area contributed by atoms with Gasteiger partial charge in [0.25, 0.3) is 0 Å². The van der Waals surface area contributed by atoms with Gasteiger partial charge in [0, 0.05) is 13.1 Å². The summed E-state index contributed by atoms with van der Waals surface area (Å²) in [5, 5.41) is 2.93. The summed E-state index contributed by atoms with van der Waals surface area (Å²) >= 11 is 0.970. The number of thiophene rings is 1. The zero-order valence-corrected chi connectivity index (χ0v) is 18.6. The van der Waals surface area contributed by atoms with Crippen LogP contribution in [0.2, 0.25) is 0 Å². The number of hydrogen-bond acceptors (Lipinski definition) is 8. The van der Waals surface area contributed by atoms with Crippen LogP contribution in [0.15, 0.2) is 0 Å². The third-order valence-corrected chi connectivity index (χ3v) is 5.82. The van der Waals surface area contributed by atoms with Gasteiger partial charge in [-0.2, -0.15) is 0 Å². The lowest BCUT2D eigenvalue weighted by Crippen LogP contribution is -2.44. The lowest BCUT2D eigenvalue weighted by molar-refractivity contribution is -0.149. The van der Waals surface area contributed by atoms with E-state index in [1.807, 2.05) is 0 Å². The summed E-state index contributed by atoms with van der Waals surface area (Å²) in [4.78, 5) is 51.3. The standard InChI is InChI=1S/C20H28N2O7S/c1-5-27-17(23)13-9-8-10-22(11-13)20(26)21-16-14(18(24)28-6-2)12(4)15(30-16)19(25)29-7-3/h13H,5-11H2,1-4H3,(H,21,26)/t13-/m1/s1. The van der Waals surface area contributed by atoms with E-state index in [4.69, 9.17) is 14.2 Å². The fourth-order valence-electron chi connectivity index (χ4n) is 3.23. The second kappa shape index (κ2) is 11.0. The van der Waals surface area contributed by atoms with Crippen LogP contribution in [-0.2, 0) is 19.0 Å². The van der Waals surface area contributed by atoms with Crippen molar-refractivity contribution in [3.63, 3.8) is 0 Å². The fourth-order valence-corrected chi connectivity index (χ4v) is 4.31. The number of carbonyl (C=O) groups is 4. The second-order valence-electron chi connectivity index (χ2n) is 6.67. The number of hydrogen-bond donors (Lipinski definition) is 1. The van der Waals surface area contributed by atoms with E-state index < -0.39 is 18.0 Å². The van der Waals surface area contributed by atoms with E-state index in [0.717, 1.165) is 11.3 Å². The highest BCUT2D eigenvalue weighted by Crippen LogP contribution is 2.35. The van der Waals surface area contributed by atoms with Gasteiger partial charge in [0.05, 0.1) is 31.3 Å². The summed E-state index contributed by atoms with van der Waals surface area (Å²) < 4.78 is 15.2. The molecule has 1 N–H and O–H groups in total. The fraction of sp³-hybridized carbons (Fsp3) is 0.600. The minimum atomic E-state index is -0.625. The second-order valence-corrected chi connectivity index (χ2v) is 7.69. The van der Waals surface area contributed by atoms with Gasteiger partial charge in [-0.25, -0.2) is 14.4 Å². The number of anilines is 1. The van der Waals surface area contributed by atoms with Gasteiger partial charge < -0.3 is 19.1 Å². The molecule has 0 aromatic carbocycles. The number of ether oxygens (including phenoxy) is 3. The number of urea groups is 1. The number of amides is 2. The Hall–Kier alpha value is -2.62.